The zero-order chi connectivity index (χ0) is 23.4. The predicted molar refractivity (Wildman–Crippen MR) is 121 cm³/mol. The third-order valence-corrected chi connectivity index (χ3v) is 6.30. The summed E-state index contributed by atoms with van der Waals surface area (Å²) in [5, 5.41) is 20.6. The Bertz CT molecular complexity index is 1240. The molecular weight excluding hydrogens is 444 g/mol. The van der Waals surface area contributed by atoms with Gasteiger partial charge in [-0.15, -0.1) is 11.3 Å². The van der Waals surface area contributed by atoms with Crippen molar-refractivity contribution in [3.8, 4) is 17.2 Å². The molecule has 2 aromatic carbocycles. The number of aromatic nitrogens is 1. The fourth-order valence-electron chi connectivity index (χ4n) is 3.49. The largest absolute Gasteiger partial charge is 0.480 e. The van der Waals surface area contributed by atoms with E-state index in [0.717, 1.165) is 15.8 Å². The Morgan fingerprint density at radius 1 is 1.15 bits per heavy atom. The smallest absolute Gasteiger partial charge is 0.322 e. The molecule has 0 spiro atoms. The van der Waals surface area contributed by atoms with E-state index in [9.17, 15) is 19.6 Å². The molecular formula is C23H20N4O5S. The lowest BCUT2D eigenvalue weighted by molar-refractivity contribution is -0.138. The number of nitrogens with one attached hydrogen (secondary N) is 1. The van der Waals surface area contributed by atoms with Gasteiger partial charge in [-0.25, -0.2) is 4.98 Å². The molecule has 168 valence electrons. The molecule has 0 saturated carbocycles. The second kappa shape index (κ2) is 9.77. The van der Waals surface area contributed by atoms with Gasteiger partial charge < -0.3 is 20.1 Å². The van der Waals surface area contributed by atoms with Crippen LogP contribution in [-0.4, -0.2) is 65.6 Å². The fourth-order valence-corrected chi connectivity index (χ4v) is 4.54. The van der Waals surface area contributed by atoms with Gasteiger partial charge in [-0.05, 0) is 35.4 Å². The number of amides is 2. The number of aliphatic carboxylic acids is 1. The average Bonchev–Trinajstić information content (AvgIpc) is 3.26. The highest BCUT2D eigenvalue weighted by Gasteiger charge is 2.24. The van der Waals surface area contributed by atoms with Gasteiger partial charge in [0, 0.05) is 18.7 Å². The summed E-state index contributed by atoms with van der Waals surface area (Å²) in [6.07, 6.45) is 0. The summed E-state index contributed by atoms with van der Waals surface area (Å²) in [4.78, 5) is 41.6. The first-order valence-electron chi connectivity index (χ1n) is 10.2. The molecule has 9 nitrogen and oxygen atoms in total. The molecule has 0 radical (unpaired) electrons. The van der Waals surface area contributed by atoms with Crippen molar-refractivity contribution in [2.75, 3.05) is 32.8 Å². The predicted octanol–water partition coefficient (Wildman–Crippen LogP) is 2.24. The Morgan fingerprint density at radius 2 is 1.85 bits per heavy atom. The van der Waals surface area contributed by atoms with Gasteiger partial charge in [0.25, 0.3) is 5.91 Å². The summed E-state index contributed by atoms with van der Waals surface area (Å²) in [6, 6.07) is 14.9. The molecule has 1 saturated heterocycles. The van der Waals surface area contributed by atoms with Crippen LogP contribution in [0.4, 0.5) is 0 Å². The van der Waals surface area contributed by atoms with Gasteiger partial charge in [0.15, 0.2) is 5.92 Å². The van der Waals surface area contributed by atoms with Crippen LogP contribution < -0.4 is 5.32 Å². The SMILES string of the molecule is N#CC(C(=O)NCC(=O)O)c1nc2ccc(-c3ccc(C(=O)N4CCOCC4)cc3)cc2s1. The molecule has 0 bridgehead atoms. The number of carboxylic acid groups (broad SMARTS) is 1. The number of nitrogens with zero attached hydrogens (tertiary/aromatic N) is 3. The Hall–Kier alpha value is -3.81. The van der Waals surface area contributed by atoms with Crippen molar-refractivity contribution in [2.24, 2.45) is 0 Å². The number of benzene rings is 2. The molecule has 1 unspecified atom stereocenters. The average molecular weight is 465 g/mol. The van der Waals surface area contributed by atoms with Crippen LogP contribution in [0, 0.1) is 11.3 Å². The number of carboxylic acids is 1. The fraction of sp³-hybridized carbons (Fsp3) is 0.261. The third kappa shape index (κ3) is 5.00. The maximum Gasteiger partial charge on any atom is 0.322 e. The van der Waals surface area contributed by atoms with Crippen LogP contribution in [0.25, 0.3) is 21.3 Å². The summed E-state index contributed by atoms with van der Waals surface area (Å²) in [6.45, 7) is 1.71. The molecule has 1 fully saturated rings. The molecule has 4 rings (SSSR count). The Labute approximate surface area is 193 Å². The van der Waals surface area contributed by atoms with E-state index >= 15 is 0 Å². The zero-order valence-corrected chi connectivity index (χ0v) is 18.3. The van der Waals surface area contributed by atoms with E-state index < -0.39 is 24.3 Å². The van der Waals surface area contributed by atoms with Crippen molar-refractivity contribution in [2.45, 2.75) is 5.92 Å². The van der Waals surface area contributed by atoms with E-state index in [1.165, 1.54) is 11.3 Å². The van der Waals surface area contributed by atoms with Gasteiger partial charge >= 0.3 is 5.97 Å². The lowest BCUT2D eigenvalue weighted by Crippen LogP contribution is -2.40. The van der Waals surface area contributed by atoms with Crippen LogP contribution in [0.15, 0.2) is 42.5 Å². The first kappa shape index (κ1) is 22.4. The minimum Gasteiger partial charge on any atom is -0.480 e. The Balaban J connectivity index is 1.53. The van der Waals surface area contributed by atoms with Crippen molar-refractivity contribution in [1.82, 2.24) is 15.2 Å². The van der Waals surface area contributed by atoms with Gasteiger partial charge in [0.1, 0.15) is 11.6 Å². The second-order valence-electron chi connectivity index (χ2n) is 7.39. The van der Waals surface area contributed by atoms with Crippen LogP contribution in [0.5, 0.6) is 0 Å². The highest BCUT2D eigenvalue weighted by atomic mass is 32.1. The van der Waals surface area contributed by atoms with Gasteiger partial charge in [-0.1, -0.05) is 18.2 Å². The summed E-state index contributed by atoms with van der Waals surface area (Å²) in [7, 11) is 0. The normalized spacial score (nSPS) is 14.5. The topological polar surface area (TPSA) is 133 Å². The first-order chi connectivity index (χ1) is 16.0. The number of fused-ring (bicyclic) bond motifs is 1. The highest BCUT2D eigenvalue weighted by Crippen LogP contribution is 2.31. The van der Waals surface area contributed by atoms with Crippen LogP contribution in [-0.2, 0) is 14.3 Å². The van der Waals surface area contributed by atoms with Gasteiger partial charge in [-0.2, -0.15) is 5.26 Å². The van der Waals surface area contributed by atoms with Gasteiger partial charge in [0.05, 0.1) is 29.5 Å². The first-order valence-corrected chi connectivity index (χ1v) is 11.0. The summed E-state index contributed by atoms with van der Waals surface area (Å²) in [5.74, 6) is -3.09. The van der Waals surface area contributed by atoms with E-state index in [1.807, 2.05) is 30.3 Å². The Morgan fingerprint density at radius 3 is 2.52 bits per heavy atom. The van der Waals surface area contributed by atoms with E-state index in [1.54, 1.807) is 23.1 Å². The number of ether oxygens (including phenoxy) is 1. The van der Waals surface area contributed by atoms with Gasteiger partial charge in [0.2, 0.25) is 5.91 Å². The summed E-state index contributed by atoms with van der Waals surface area (Å²) >= 11 is 1.21. The zero-order valence-electron chi connectivity index (χ0n) is 17.5. The Kier molecular flexibility index (Phi) is 6.63. The van der Waals surface area contributed by atoms with Crippen LogP contribution >= 0.6 is 11.3 Å². The highest BCUT2D eigenvalue weighted by molar-refractivity contribution is 7.18. The number of carbonyl (C=O) groups is 3. The number of nitriles is 1. The molecule has 2 amide bonds. The van der Waals surface area contributed by atoms with Crippen molar-refractivity contribution in [1.29, 1.82) is 5.26 Å². The van der Waals surface area contributed by atoms with E-state index in [2.05, 4.69) is 10.3 Å². The minimum atomic E-state index is -1.19. The minimum absolute atomic E-state index is 0.0175. The third-order valence-electron chi connectivity index (χ3n) is 5.22. The molecule has 1 aliphatic rings. The molecule has 2 heterocycles. The van der Waals surface area contributed by atoms with Crippen LogP contribution in [0.1, 0.15) is 21.3 Å². The monoisotopic (exact) mass is 464 g/mol. The number of morpholine rings is 1. The molecule has 1 aromatic heterocycles. The molecule has 2 N–H and O–H groups in total. The van der Waals surface area contributed by atoms with Crippen molar-refractivity contribution >= 4 is 39.3 Å². The number of hydrogen-bond acceptors (Lipinski definition) is 7. The maximum absolute atomic E-state index is 12.6. The molecule has 1 aliphatic heterocycles. The standard InChI is InChI=1S/C23H20N4O5S/c24-12-17(21(30)25-13-20(28)29)22-26-18-6-5-16(11-19(18)33-22)14-1-3-15(4-2-14)23(31)27-7-9-32-10-8-27/h1-6,11,17H,7-10,13H2,(H,25,30)(H,28,29). The lowest BCUT2D eigenvalue weighted by atomic mass is 10.0. The summed E-state index contributed by atoms with van der Waals surface area (Å²) < 4.78 is 6.09. The van der Waals surface area contributed by atoms with E-state index in [4.69, 9.17) is 9.84 Å². The van der Waals surface area contributed by atoms with E-state index in [-0.39, 0.29) is 5.91 Å². The van der Waals surface area contributed by atoms with Crippen molar-refractivity contribution in [3.63, 3.8) is 0 Å². The number of thiazole rings is 1. The van der Waals surface area contributed by atoms with Gasteiger partial charge in [-0.3, -0.25) is 14.4 Å². The lowest BCUT2D eigenvalue weighted by Gasteiger charge is -2.26. The number of hydrogen-bond donors (Lipinski definition) is 2. The molecule has 33 heavy (non-hydrogen) atoms. The quantitative estimate of drug-likeness (QED) is 0.572. The van der Waals surface area contributed by atoms with Crippen molar-refractivity contribution < 1.29 is 24.2 Å². The van der Waals surface area contributed by atoms with Crippen molar-refractivity contribution in [3.05, 3.63) is 53.0 Å². The molecule has 1 atom stereocenters. The van der Waals surface area contributed by atoms with E-state index in [0.29, 0.717) is 42.4 Å². The molecule has 0 aliphatic carbocycles. The number of rotatable bonds is 6. The summed E-state index contributed by atoms with van der Waals surface area (Å²) in [5.41, 5.74) is 3.09. The molecule has 10 heteroatoms. The maximum atomic E-state index is 12.6. The van der Waals surface area contributed by atoms with Crippen LogP contribution in [0.3, 0.4) is 0 Å². The number of carbonyl (C=O) groups excluding carboxylic acids is 2. The van der Waals surface area contributed by atoms with Crippen LogP contribution in [0.2, 0.25) is 0 Å². The molecule has 3 aromatic rings. The second-order valence-corrected chi connectivity index (χ2v) is 8.45.